The molecule has 0 saturated carbocycles. The largest absolute Gasteiger partial charge is 0.494 e. The van der Waals surface area contributed by atoms with Gasteiger partial charge >= 0.3 is 0 Å². The average Bonchev–Trinajstić information content (AvgIpc) is 3.51. The number of hydrogen-bond acceptors (Lipinski definition) is 1. The highest BCUT2D eigenvalue weighted by atomic mass is 16.5. The van der Waals surface area contributed by atoms with E-state index >= 15 is 0 Å². The molecule has 0 aliphatic carbocycles. The lowest BCUT2D eigenvalue weighted by Gasteiger charge is -2.07. The van der Waals surface area contributed by atoms with Gasteiger partial charge in [-0.25, -0.2) is 9.13 Å². The molecular formula is C31H33N2O+. The summed E-state index contributed by atoms with van der Waals surface area (Å²) in [6.45, 7) is 4.93. The number of unbranched alkanes of at least 4 members (excludes halogenated alkanes) is 5. The zero-order chi connectivity index (χ0) is 22.9. The second kappa shape index (κ2) is 9.13. The van der Waals surface area contributed by atoms with Crippen LogP contribution < -0.4 is 9.30 Å². The van der Waals surface area contributed by atoms with Crippen LogP contribution in [-0.2, 0) is 13.1 Å². The number of nitrogens with zero attached hydrogens (tertiary/aromatic N) is 2. The third kappa shape index (κ3) is 3.64. The smallest absolute Gasteiger partial charge is 0.290 e. The van der Waals surface area contributed by atoms with Crippen molar-refractivity contribution in [1.82, 2.24) is 4.57 Å². The van der Waals surface area contributed by atoms with Crippen molar-refractivity contribution < 1.29 is 9.30 Å². The summed E-state index contributed by atoms with van der Waals surface area (Å²) in [4.78, 5) is 0. The van der Waals surface area contributed by atoms with Crippen LogP contribution in [0.1, 0.15) is 56.6 Å². The predicted molar refractivity (Wildman–Crippen MR) is 138 cm³/mol. The molecule has 3 aromatic carbocycles. The van der Waals surface area contributed by atoms with Crippen molar-refractivity contribution in [1.29, 1.82) is 0 Å². The molecule has 0 spiro atoms. The standard InChI is InChI=1S/C31H33N2O/c1-2-3-4-5-6-11-20-34-26-18-16-23(17-19-26)31-32-21-24-12-7-9-14-27(24)29(32)30-28-15-10-8-13-25(28)22-33(30)31/h7-10,12-19H,2-6,11,20-22H2,1H3/q+1. The SMILES string of the molecule is CCCCCCCCOc1ccc(-c2n3c(c4[n+]2Cc2ccccc2-4)-c2ccccc2C3)cc1. The first-order chi connectivity index (χ1) is 16.8. The Morgan fingerprint density at radius 1 is 0.765 bits per heavy atom. The van der Waals surface area contributed by atoms with E-state index in [1.165, 1.54) is 77.1 Å². The number of imidazole rings is 1. The van der Waals surface area contributed by atoms with Crippen molar-refractivity contribution in [3.63, 3.8) is 0 Å². The number of ether oxygens (including phenoxy) is 1. The summed E-state index contributed by atoms with van der Waals surface area (Å²) in [6, 6.07) is 26.5. The van der Waals surface area contributed by atoms with E-state index in [9.17, 15) is 0 Å². The zero-order valence-corrected chi connectivity index (χ0v) is 20.1. The fraction of sp³-hybridized carbons (Fsp3) is 0.323. The molecule has 0 unspecified atom stereocenters. The molecule has 0 N–H and O–H groups in total. The van der Waals surface area contributed by atoms with Crippen LogP contribution in [0.25, 0.3) is 33.9 Å². The molecule has 2 aliphatic heterocycles. The minimum absolute atomic E-state index is 0.806. The number of rotatable bonds is 9. The Labute approximate surface area is 202 Å². The number of aromatic nitrogens is 2. The van der Waals surface area contributed by atoms with Gasteiger partial charge in [-0.2, -0.15) is 0 Å². The Hall–Kier alpha value is -3.33. The van der Waals surface area contributed by atoms with Gasteiger partial charge < -0.3 is 4.74 Å². The summed E-state index contributed by atoms with van der Waals surface area (Å²) in [5.41, 5.74) is 9.52. The number of benzene rings is 3. The van der Waals surface area contributed by atoms with Crippen LogP contribution in [0.3, 0.4) is 0 Å². The molecule has 0 amide bonds. The summed E-state index contributed by atoms with van der Waals surface area (Å²) in [5, 5.41) is 0. The third-order valence-corrected chi connectivity index (χ3v) is 7.36. The van der Waals surface area contributed by atoms with E-state index in [1.54, 1.807) is 0 Å². The van der Waals surface area contributed by atoms with E-state index in [0.29, 0.717) is 0 Å². The summed E-state index contributed by atoms with van der Waals surface area (Å²) in [6.07, 6.45) is 7.72. The van der Waals surface area contributed by atoms with Gasteiger partial charge in [0.15, 0.2) is 11.4 Å². The van der Waals surface area contributed by atoms with Crippen LogP contribution in [0.15, 0.2) is 72.8 Å². The molecule has 3 heterocycles. The zero-order valence-electron chi connectivity index (χ0n) is 20.1. The molecule has 0 atom stereocenters. The van der Waals surface area contributed by atoms with Gasteiger partial charge in [0.2, 0.25) is 0 Å². The van der Waals surface area contributed by atoms with Gasteiger partial charge in [0.25, 0.3) is 5.82 Å². The molecule has 34 heavy (non-hydrogen) atoms. The van der Waals surface area contributed by atoms with Crippen molar-refractivity contribution in [2.24, 2.45) is 0 Å². The maximum absolute atomic E-state index is 6.06. The highest BCUT2D eigenvalue weighted by Crippen LogP contribution is 2.44. The molecule has 2 aliphatic rings. The molecule has 4 aromatic rings. The van der Waals surface area contributed by atoms with Gasteiger partial charge in [-0.15, -0.1) is 0 Å². The van der Waals surface area contributed by atoms with Crippen LogP contribution in [0.4, 0.5) is 0 Å². The second-order valence-corrected chi connectivity index (χ2v) is 9.65. The quantitative estimate of drug-likeness (QED) is 0.168. The average molecular weight is 450 g/mol. The van der Waals surface area contributed by atoms with Gasteiger partial charge in [-0.05, 0) is 30.7 Å². The van der Waals surface area contributed by atoms with Crippen LogP contribution >= 0.6 is 0 Å². The van der Waals surface area contributed by atoms with Crippen molar-refractivity contribution in [2.75, 3.05) is 6.61 Å². The summed E-state index contributed by atoms with van der Waals surface area (Å²) >= 11 is 0. The molecule has 172 valence electrons. The lowest BCUT2D eigenvalue weighted by atomic mass is 10.0. The van der Waals surface area contributed by atoms with Crippen molar-refractivity contribution >= 4 is 0 Å². The third-order valence-electron chi connectivity index (χ3n) is 7.36. The Balaban J connectivity index is 1.28. The van der Waals surface area contributed by atoms with E-state index in [0.717, 1.165) is 31.9 Å². The van der Waals surface area contributed by atoms with Crippen LogP contribution in [0.2, 0.25) is 0 Å². The highest BCUT2D eigenvalue weighted by molar-refractivity contribution is 5.85. The molecule has 0 radical (unpaired) electrons. The Bertz CT molecular complexity index is 1250. The van der Waals surface area contributed by atoms with E-state index in [1.807, 2.05) is 0 Å². The number of hydrogen-bond donors (Lipinski definition) is 0. The molecule has 0 fully saturated rings. The van der Waals surface area contributed by atoms with Crippen molar-refractivity contribution in [3.8, 4) is 39.7 Å². The maximum Gasteiger partial charge on any atom is 0.290 e. The molecule has 0 bridgehead atoms. The topological polar surface area (TPSA) is 18.0 Å². The Morgan fingerprint density at radius 2 is 1.47 bits per heavy atom. The van der Waals surface area contributed by atoms with Crippen LogP contribution in [0, 0.1) is 0 Å². The van der Waals surface area contributed by atoms with Crippen LogP contribution in [-0.4, -0.2) is 11.2 Å². The monoisotopic (exact) mass is 449 g/mol. The second-order valence-electron chi connectivity index (χ2n) is 9.65. The summed E-state index contributed by atoms with van der Waals surface area (Å²) in [7, 11) is 0. The van der Waals surface area contributed by atoms with Gasteiger partial charge in [0.05, 0.1) is 12.2 Å². The molecular weight excluding hydrogens is 416 g/mol. The first kappa shape index (κ1) is 21.2. The van der Waals surface area contributed by atoms with Gasteiger partial charge in [0.1, 0.15) is 18.8 Å². The van der Waals surface area contributed by atoms with Gasteiger partial charge in [0, 0.05) is 22.3 Å². The first-order valence-electron chi connectivity index (χ1n) is 12.9. The lowest BCUT2D eigenvalue weighted by molar-refractivity contribution is -0.660. The Morgan fingerprint density at radius 3 is 2.29 bits per heavy atom. The Kier molecular flexibility index (Phi) is 5.70. The molecule has 0 saturated heterocycles. The predicted octanol–water partition coefficient (Wildman–Crippen LogP) is 7.24. The first-order valence-corrected chi connectivity index (χ1v) is 12.9. The minimum Gasteiger partial charge on any atom is -0.494 e. The molecule has 3 nitrogen and oxygen atoms in total. The minimum atomic E-state index is 0.806. The summed E-state index contributed by atoms with van der Waals surface area (Å²) < 4.78 is 11.1. The molecule has 1 aromatic heterocycles. The highest BCUT2D eigenvalue weighted by Gasteiger charge is 2.41. The molecule has 6 rings (SSSR count). The van der Waals surface area contributed by atoms with Gasteiger partial charge in [-0.1, -0.05) is 87.6 Å². The fourth-order valence-electron chi connectivity index (χ4n) is 5.67. The number of fused-ring (bicyclic) bond motifs is 7. The van der Waals surface area contributed by atoms with E-state index in [2.05, 4.69) is 88.9 Å². The fourth-order valence-corrected chi connectivity index (χ4v) is 5.67. The molecule has 3 heteroatoms. The normalized spacial score (nSPS) is 12.9. The van der Waals surface area contributed by atoms with E-state index in [4.69, 9.17) is 4.74 Å². The lowest BCUT2D eigenvalue weighted by Crippen LogP contribution is -2.34. The van der Waals surface area contributed by atoms with Crippen LogP contribution in [0.5, 0.6) is 5.75 Å². The van der Waals surface area contributed by atoms with Crippen molar-refractivity contribution in [2.45, 2.75) is 58.5 Å². The van der Waals surface area contributed by atoms with Crippen molar-refractivity contribution in [3.05, 3.63) is 83.9 Å². The van der Waals surface area contributed by atoms with Gasteiger partial charge in [-0.3, -0.25) is 0 Å². The maximum atomic E-state index is 6.06. The van der Waals surface area contributed by atoms with E-state index in [-0.39, 0.29) is 0 Å². The van der Waals surface area contributed by atoms with E-state index < -0.39 is 0 Å². The summed E-state index contributed by atoms with van der Waals surface area (Å²) in [5.74, 6) is 2.26.